The summed E-state index contributed by atoms with van der Waals surface area (Å²) in [5, 5.41) is 10.7. The van der Waals surface area contributed by atoms with Gasteiger partial charge >= 0.3 is 0 Å². The van der Waals surface area contributed by atoms with Crippen molar-refractivity contribution in [2.24, 2.45) is 0 Å². The van der Waals surface area contributed by atoms with Gasteiger partial charge in [-0.2, -0.15) is 0 Å². The molecule has 1 N–H and O–H groups in total. The average Bonchev–Trinajstić information content (AvgIpc) is 2.38. The van der Waals surface area contributed by atoms with Crippen LogP contribution in [0.25, 0.3) is 0 Å². The molecule has 1 atom stereocenters. The van der Waals surface area contributed by atoms with Crippen molar-refractivity contribution in [3.05, 3.63) is 65.2 Å². The zero-order valence-corrected chi connectivity index (χ0v) is 11.5. The number of hydrogen-bond donors (Lipinski definition) is 1. The van der Waals surface area contributed by atoms with Gasteiger partial charge in [0.25, 0.3) is 0 Å². The number of nitrogens with zero attached hydrogens (tertiary/aromatic N) is 1. The highest BCUT2D eigenvalue weighted by atomic mass is 19.1. The van der Waals surface area contributed by atoms with Crippen LogP contribution in [-0.2, 0) is 5.60 Å². The molecule has 3 rings (SSSR count). The monoisotopic (exact) mass is 271 g/mol. The van der Waals surface area contributed by atoms with Gasteiger partial charge in [0.15, 0.2) is 0 Å². The van der Waals surface area contributed by atoms with Gasteiger partial charge < -0.3 is 5.11 Å². The topological polar surface area (TPSA) is 33.1 Å². The fourth-order valence-corrected chi connectivity index (χ4v) is 2.63. The molecule has 2 nitrogen and oxygen atoms in total. The second-order valence-electron chi connectivity index (χ2n) is 5.68. The van der Waals surface area contributed by atoms with E-state index in [-0.39, 0.29) is 0 Å². The predicted octanol–water partition coefficient (Wildman–Crippen LogP) is 3.74. The first-order valence-corrected chi connectivity index (χ1v) is 7.02. The molecule has 1 heterocycles. The number of aromatic nitrogens is 1. The molecule has 1 aromatic heterocycles. The van der Waals surface area contributed by atoms with E-state index < -0.39 is 11.4 Å². The molecule has 0 bridgehead atoms. The SMILES string of the molecule is CC(O)(c1ccc(C2CCC2)cc1)c1ccc(F)cn1. The molecule has 3 heteroatoms. The maximum absolute atomic E-state index is 12.9. The quantitative estimate of drug-likeness (QED) is 0.922. The highest BCUT2D eigenvalue weighted by Gasteiger charge is 2.28. The minimum atomic E-state index is -1.20. The molecule has 104 valence electrons. The second-order valence-corrected chi connectivity index (χ2v) is 5.68. The van der Waals surface area contributed by atoms with E-state index in [1.165, 1.54) is 37.0 Å². The summed E-state index contributed by atoms with van der Waals surface area (Å²) in [6.07, 6.45) is 4.96. The molecule has 0 radical (unpaired) electrons. The first-order valence-electron chi connectivity index (χ1n) is 7.02. The van der Waals surface area contributed by atoms with Crippen molar-refractivity contribution in [3.8, 4) is 0 Å². The van der Waals surface area contributed by atoms with Crippen molar-refractivity contribution >= 4 is 0 Å². The maximum Gasteiger partial charge on any atom is 0.141 e. The third kappa shape index (κ3) is 2.34. The van der Waals surface area contributed by atoms with Gasteiger partial charge in [0.1, 0.15) is 11.4 Å². The van der Waals surface area contributed by atoms with Gasteiger partial charge in [-0.3, -0.25) is 4.98 Å². The van der Waals surface area contributed by atoms with E-state index in [1.54, 1.807) is 6.92 Å². The van der Waals surface area contributed by atoms with Crippen LogP contribution in [0.15, 0.2) is 42.6 Å². The summed E-state index contributed by atoms with van der Waals surface area (Å²) < 4.78 is 12.9. The first kappa shape index (κ1) is 13.3. The predicted molar refractivity (Wildman–Crippen MR) is 75.9 cm³/mol. The zero-order valence-electron chi connectivity index (χ0n) is 11.5. The number of halogens is 1. The molecule has 0 spiro atoms. The van der Waals surface area contributed by atoms with Crippen LogP contribution < -0.4 is 0 Å². The molecule has 0 saturated heterocycles. The normalized spacial score (nSPS) is 18.4. The second kappa shape index (κ2) is 4.98. The molecule has 20 heavy (non-hydrogen) atoms. The molecule has 1 unspecified atom stereocenters. The van der Waals surface area contributed by atoms with Crippen LogP contribution in [0, 0.1) is 5.82 Å². The third-order valence-electron chi connectivity index (χ3n) is 4.28. The Morgan fingerprint density at radius 3 is 2.35 bits per heavy atom. The van der Waals surface area contributed by atoms with Crippen molar-refractivity contribution < 1.29 is 9.50 Å². The minimum Gasteiger partial charge on any atom is -0.379 e. The van der Waals surface area contributed by atoms with E-state index in [1.807, 2.05) is 12.1 Å². The van der Waals surface area contributed by atoms with Crippen molar-refractivity contribution in [1.82, 2.24) is 4.98 Å². The van der Waals surface area contributed by atoms with Gasteiger partial charge in [0, 0.05) is 0 Å². The van der Waals surface area contributed by atoms with Crippen LogP contribution in [-0.4, -0.2) is 10.1 Å². The van der Waals surface area contributed by atoms with Crippen molar-refractivity contribution in [2.45, 2.75) is 37.7 Å². The average molecular weight is 271 g/mol. The molecule has 0 amide bonds. The van der Waals surface area contributed by atoms with Gasteiger partial charge in [-0.1, -0.05) is 30.7 Å². The smallest absolute Gasteiger partial charge is 0.141 e. The van der Waals surface area contributed by atoms with E-state index in [2.05, 4.69) is 17.1 Å². The zero-order chi connectivity index (χ0) is 14.2. The molecular formula is C17H18FNO. The summed E-state index contributed by atoms with van der Waals surface area (Å²) >= 11 is 0. The highest BCUT2D eigenvalue weighted by Crippen LogP contribution is 2.37. The van der Waals surface area contributed by atoms with Crippen LogP contribution in [0.4, 0.5) is 4.39 Å². The number of pyridine rings is 1. The molecular weight excluding hydrogens is 253 g/mol. The first-order chi connectivity index (χ1) is 9.57. The van der Waals surface area contributed by atoms with Gasteiger partial charge in [-0.05, 0) is 48.9 Å². The largest absolute Gasteiger partial charge is 0.379 e. The molecule has 2 aromatic rings. The van der Waals surface area contributed by atoms with Gasteiger partial charge in [-0.15, -0.1) is 0 Å². The minimum absolute atomic E-state index is 0.398. The Morgan fingerprint density at radius 2 is 1.85 bits per heavy atom. The lowest BCUT2D eigenvalue weighted by Gasteiger charge is -2.27. The van der Waals surface area contributed by atoms with E-state index in [4.69, 9.17) is 0 Å². The van der Waals surface area contributed by atoms with E-state index >= 15 is 0 Å². The van der Waals surface area contributed by atoms with Gasteiger partial charge in [-0.25, -0.2) is 4.39 Å². The Balaban J connectivity index is 1.88. The number of aliphatic hydroxyl groups is 1. The number of hydrogen-bond acceptors (Lipinski definition) is 2. The summed E-state index contributed by atoms with van der Waals surface area (Å²) in [6.45, 7) is 1.69. The standard InChI is InChI=1S/C17H18FNO/c1-17(20,16-10-9-15(18)11-19-16)14-7-5-13(6-8-14)12-3-2-4-12/h5-12,20H,2-4H2,1H3. The summed E-state index contributed by atoms with van der Waals surface area (Å²) in [4.78, 5) is 3.99. The lowest BCUT2D eigenvalue weighted by molar-refractivity contribution is 0.0972. The number of rotatable bonds is 3. The summed E-state index contributed by atoms with van der Waals surface area (Å²) in [7, 11) is 0. The van der Waals surface area contributed by atoms with Crippen LogP contribution in [0.5, 0.6) is 0 Å². The molecule has 1 aliphatic rings. The fraction of sp³-hybridized carbons (Fsp3) is 0.353. The van der Waals surface area contributed by atoms with Crippen LogP contribution in [0.1, 0.15) is 48.9 Å². The maximum atomic E-state index is 12.9. The lowest BCUT2D eigenvalue weighted by Crippen LogP contribution is -2.24. The molecule has 1 fully saturated rings. The Labute approximate surface area is 118 Å². The van der Waals surface area contributed by atoms with E-state index in [9.17, 15) is 9.50 Å². The highest BCUT2D eigenvalue weighted by molar-refractivity contribution is 5.34. The lowest BCUT2D eigenvalue weighted by atomic mass is 9.79. The Morgan fingerprint density at radius 1 is 1.15 bits per heavy atom. The Bertz CT molecular complexity index is 585. The van der Waals surface area contributed by atoms with E-state index in [0.29, 0.717) is 11.6 Å². The molecule has 1 saturated carbocycles. The molecule has 0 aliphatic heterocycles. The summed E-state index contributed by atoms with van der Waals surface area (Å²) in [6, 6.07) is 10.9. The van der Waals surface area contributed by atoms with Gasteiger partial charge in [0.05, 0.1) is 11.9 Å². The Kier molecular flexibility index (Phi) is 3.30. The van der Waals surface area contributed by atoms with Crippen LogP contribution in [0.3, 0.4) is 0 Å². The van der Waals surface area contributed by atoms with Crippen molar-refractivity contribution in [3.63, 3.8) is 0 Å². The summed E-state index contributed by atoms with van der Waals surface area (Å²) in [5.74, 6) is 0.280. The van der Waals surface area contributed by atoms with Crippen LogP contribution in [0.2, 0.25) is 0 Å². The number of benzene rings is 1. The van der Waals surface area contributed by atoms with Crippen molar-refractivity contribution in [1.29, 1.82) is 0 Å². The third-order valence-corrected chi connectivity index (χ3v) is 4.28. The fourth-order valence-electron chi connectivity index (χ4n) is 2.63. The Hall–Kier alpha value is -1.74. The van der Waals surface area contributed by atoms with Crippen molar-refractivity contribution in [2.75, 3.05) is 0 Å². The van der Waals surface area contributed by atoms with Gasteiger partial charge in [0.2, 0.25) is 0 Å². The summed E-state index contributed by atoms with van der Waals surface area (Å²) in [5.41, 5.74) is 1.36. The molecule has 1 aromatic carbocycles. The van der Waals surface area contributed by atoms with E-state index in [0.717, 1.165) is 11.8 Å². The van der Waals surface area contributed by atoms with Crippen LogP contribution >= 0.6 is 0 Å². The molecule has 1 aliphatic carbocycles.